The molecule has 2 saturated carbocycles. The van der Waals surface area contributed by atoms with Crippen LogP contribution in [0.5, 0.6) is 0 Å². The molecule has 4 aliphatic carbocycles. The van der Waals surface area contributed by atoms with Gasteiger partial charge in [-0.2, -0.15) is 0 Å². The van der Waals surface area contributed by atoms with Crippen molar-refractivity contribution >= 4 is 0 Å². The van der Waals surface area contributed by atoms with E-state index in [-0.39, 0.29) is 10.8 Å². The summed E-state index contributed by atoms with van der Waals surface area (Å²) in [6, 6.07) is 60.2. The summed E-state index contributed by atoms with van der Waals surface area (Å²) >= 11 is 0. The number of aromatic nitrogens is 3. The zero-order valence-corrected chi connectivity index (χ0v) is 34.0. The lowest BCUT2D eigenvalue weighted by Gasteiger charge is -2.37. The minimum atomic E-state index is 0.0690. The molecule has 0 radical (unpaired) electrons. The topological polar surface area (TPSA) is 38.7 Å². The number of hydrogen-bond donors (Lipinski definition) is 0. The van der Waals surface area contributed by atoms with Crippen LogP contribution in [-0.4, -0.2) is 15.0 Å². The van der Waals surface area contributed by atoms with E-state index in [0.717, 1.165) is 16.7 Å². The maximum Gasteiger partial charge on any atom is 0.164 e. The van der Waals surface area contributed by atoms with E-state index >= 15 is 0 Å². The molecule has 12 rings (SSSR count). The summed E-state index contributed by atoms with van der Waals surface area (Å²) in [7, 11) is 0. The Balaban J connectivity index is 0.969. The van der Waals surface area contributed by atoms with E-state index in [0.29, 0.717) is 17.5 Å². The zero-order valence-electron chi connectivity index (χ0n) is 34.0. The highest BCUT2D eigenvalue weighted by Gasteiger charge is 2.49. The molecule has 60 heavy (non-hydrogen) atoms. The predicted octanol–water partition coefficient (Wildman–Crippen LogP) is 14.7. The van der Waals surface area contributed by atoms with Crippen molar-refractivity contribution in [2.24, 2.45) is 0 Å². The first kappa shape index (κ1) is 35.5. The molecule has 0 bridgehead atoms. The van der Waals surface area contributed by atoms with Crippen molar-refractivity contribution in [3.8, 4) is 78.7 Å². The van der Waals surface area contributed by atoms with Gasteiger partial charge >= 0.3 is 0 Å². The quantitative estimate of drug-likeness (QED) is 0.175. The van der Waals surface area contributed by atoms with Gasteiger partial charge in [-0.15, -0.1) is 0 Å². The van der Waals surface area contributed by atoms with Gasteiger partial charge in [0.15, 0.2) is 17.5 Å². The van der Waals surface area contributed by atoms with Gasteiger partial charge in [-0.1, -0.05) is 190 Å². The summed E-state index contributed by atoms with van der Waals surface area (Å²) < 4.78 is 0. The Morgan fingerprint density at radius 2 is 0.700 bits per heavy atom. The maximum absolute atomic E-state index is 5.12. The molecule has 0 N–H and O–H groups in total. The highest BCUT2D eigenvalue weighted by atomic mass is 15.0. The number of nitrogens with zero attached hydrogens (tertiary/aromatic N) is 3. The molecule has 0 atom stereocenters. The smallest absolute Gasteiger partial charge is 0.164 e. The van der Waals surface area contributed by atoms with Crippen molar-refractivity contribution in [1.82, 2.24) is 15.0 Å². The Labute approximate surface area is 353 Å². The summed E-state index contributed by atoms with van der Waals surface area (Å²) in [6.07, 6.45) is 12.8. The van der Waals surface area contributed by atoms with Gasteiger partial charge < -0.3 is 0 Å². The van der Waals surface area contributed by atoms with E-state index in [2.05, 4.69) is 146 Å². The van der Waals surface area contributed by atoms with Crippen LogP contribution in [0.4, 0.5) is 0 Å². The van der Waals surface area contributed by atoms with E-state index in [1.165, 1.54) is 109 Å². The highest BCUT2D eigenvalue weighted by Crippen LogP contribution is 2.63. The van der Waals surface area contributed by atoms with Crippen LogP contribution in [0, 0.1) is 0 Å². The lowest BCUT2D eigenvalue weighted by molar-refractivity contribution is 0.350. The molecule has 1 aromatic heterocycles. The Kier molecular flexibility index (Phi) is 8.34. The van der Waals surface area contributed by atoms with E-state index in [1.807, 2.05) is 18.2 Å². The van der Waals surface area contributed by atoms with E-state index in [1.54, 1.807) is 22.3 Å². The van der Waals surface area contributed by atoms with Crippen LogP contribution in [0.15, 0.2) is 164 Å². The van der Waals surface area contributed by atoms with Gasteiger partial charge in [0.05, 0.1) is 0 Å². The second-order valence-electron chi connectivity index (χ2n) is 17.7. The molecular formula is C57H47N3. The lowest BCUT2D eigenvalue weighted by Crippen LogP contribution is -2.29. The molecule has 3 nitrogen and oxygen atoms in total. The average Bonchev–Trinajstić information content (AvgIpc) is 3.74. The van der Waals surface area contributed by atoms with Gasteiger partial charge in [0.2, 0.25) is 0 Å². The Hall–Kier alpha value is -6.45. The molecule has 0 unspecified atom stereocenters. The molecule has 7 aromatic carbocycles. The van der Waals surface area contributed by atoms with Crippen molar-refractivity contribution in [2.75, 3.05) is 0 Å². The molecule has 2 fully saturated rings. The second kappa shape index (κ2) is 14.1. The standard InChI is InChI=1S/C57H47N3/c1-5-16-38(17-6-1)39-24-28-42(29-25-39)54-58-53(41-18-7-2-8-19-41)59-55(60-54)43-30-26-40(27-31-43)44-21-15-23-49-52(44)47-37-50-46(36-51(47)57(49)34-13-4-14-35-57)45-20-9-10-22-48(45)56(50)32-11-3-12-33-56/h1-2,5-10,15-31,36-37H,3-4,11-14,32-35H2. The van der Waals surface area contributed by atoms with Gasteiger partial charge in [0.1, 0.15) is 0 Å². The SMILES string of the molecule is c1ccc(-c2ccc(-c3nc(-c4ccccc4)nc(-c4ccc(-c5cccc6c5-c5cc7c(cc5C65CCCCC5)-c5ccccc5C75CCCCC5)cc4)n3)cc2)cc1. The minimum Gasteiger partial charge on any atom is -0.208 e. The van der Waals surface area contributed by atoms with Crippen molar-refractivity contribution in [1.29, 1.82) is 0 Å². The first-order valence-electron chi connectivity index (χ1n) is 22.2. The van der Waals surface area contributed by atoms with Gasteiger partial charge in [0, 0.05) is 27.5 Å². The summed E-state index contributed by atoms with van der Waals surface area (Å²) in [5.41, 5.74) is 20.2. The largest absolute Gasteiger partial charge is 0.208 e. The fraction of sp³-hybridized carbons (Fsp3) is 0.211. The Bertz CT molecular complexity index is 2900. The second-order valence-corrected chi connectivity index (χ2v) is 17.7. The molecule has 1 heterocycles. The third kappa shape index (κ3) is 5.51. The van der Waals surface area contributed by atoms with Gasteiger partial charge in [-0.25, -0.2) is 15.0 Å². The van der Waals surface area contributed by atoms with Crippen molar-refractivity contribution in [2.45, 2.75) is 75.0 Å². The predicted molar refractivity (Wildman–Crippen MR) is 246 cm³/mol. The number of hydrogen-bond acceptors (Lipinski definition) is 3. The number of fused-ring (bicyclic) bond motifs is 10. The molecule has 0 amide bonds. The van der Waals surface area contributed by atoms with Crippen molar-refractivity contribution < 1.29 is 0 Å². The van der Waals surface area contributed by atoms with Gasteiger partial charge in [-0.3, -0.25) is 0 Å². The number of benzene rings is 7. The van der Waals surface area contributed by atoms with E-state index in [9.17, 15) is 0 Å². The Morgan fingerprint density at radius 3 is 1.32 bits per heavy atom. The maximum atomic E-state index is 5.12. The zero-order chi connectivity index (χ0) is 39.7. The summed E-state index contributed by atoms with van der Waals surface area (Å²) in [4.78, 5) is 15.2. The summed E-state index contributed by atoms with van der Waals surface area (Å²) in [6.45, 7) is 0. The third-order valence-corrected chi connectivity index (χ3v) is 14.6. The van der Waals surface area contributed by atoms with Crippen LogP contribution in [0.1, 0.15) is 86.5 Å². The molecular weight excluding hydrogens is 727 g/mol. The molecule has 0 saturated heterocycles. The number of rotatable bonds is 5. The van der Waals surface area contributed by atoms with Crippen LogP contribution in [0.3, 0.4) is 0 Å². The van der Waals surface area contributed by atoms with Crippen LogP contribution < -0.4 is 0 Å². The molecule has 8 aromatic rings. The fourth-order valence-corrected chi connectivity index (χ4v) is 11.7. The first-order valence-corrected chi connectivity index (χ1v) is 22.2. The molecule has 2 spiro atoms. The summed E-state index contributed by atoms with van der Waals surface area (Å²) in [5.74, 6) is 2.02. The highest BCUT2D eigenvalue weighted by molar-refractivity contribution is 5.96. The molecule has 0 aliphatic heterocycles. The van der Waals surface area contributed by atoms with Gasteiger partial charge in [-0.05, 0) is 105 Å². The molecule has 3 heteroatoms. The normalized spacial score (nSPS) is 16.6. The van der Waals surface area contributed by atoms with Crippen molar-refractivity contribution in [3.63, 3.8) is 0 Å². The molecule has 290 valence electrons. The van der Waals surface area contributed by atoms with E-state index < -0.39 is 0 Å². The third-order valence-electron chi connectivity index (χ3n) is 14.6. The lowest BCUT2D eigenvalue weighted by atomic mass is 9.66. The monoisotopic (exact) mass is 773 g/mol. The van der Waals surface area contributed by atoms with Crippen LogP contribution in [0.2, 0.25) is 0 Å². The van der Waals surface area contributed by atoms with Crippen LogP contribution >= 0.6 is 0 Å². The average molecular weight is 774 g/mol. The van der Waals surface area contributed by atoms with Crippen LogP contribution in [0.25, 0.3) is 78.7 Å². The molecule has 4 aliphatic rings. The van der Waals surface area contributed by atoms with Crippen LogP contribution in [-0.2, 0) is 10.8 Å². The fourth-order valence-electron chi connectivity index (χ4n) is 11.7. The van der Waals surface area contributed by atoms with E-state index in [4.69, 9.17) is 15.0 Å². The van der Waals surface area contributed by atoms with Gasteiger partial charge in [0.25, 0.3) is 0 Å². The summed E-state index contributed by atoms with van der Waals surface area (Å²) in [5, 5.41) is 0. The minimum absolute atomic E-state index is 0.0690. The first-order chi connectivity index (χ1) is 29.7. The Morgan fingerprint density at radius 1 is 0.283 bits per heavy atom. The van der Waals surface area contributed by atoms with Crippen molar-refractivity contribution in [3.05, 3.63) is 186 Å².